The first-order valence-corrected chi connectivity index (χ1v) is 20.6. The van der Waals surface area contributed by atoms with E-state index in [9.17, 15) is 0 Å². The highest BCUT2D eigenvalue weighted by atomic mass is 15.1. The maximum atomic E-state index is 2.48. The van der Waals surface area contributed by atoms with E-state index < -0.39 is 0 Å². The molecule has 282 valence electrons. The summed E-state index contributed by atoms with van der Waals surface area (Å²) in [6.07, 6.45) is 0. The Hall–Kier alpha value is -7.94. The van der Waals surface area contributed by atoms with Crippen LogP contribution in [0.1, 0.15) is 0 Å². The highest BCUT2D eigenvalue weighted by Gasteiger charge is 2.23. The summed E-state index contributed by atoms with van der Waals surface area (Å²) in [7, 11) is 0. The maximum absolute atomic E-state index is 2.48. The number of aromatic nitrogens is 1. The van der Waals surface area contributed by atoms with E-state index in [1.54, 1.807) is 0 Å². The molecule has 11 aromatic rings. The molecule has 0 saturated carbocycles. The van der Waals surface area contributed by atoms with E-state index >= 15 is 0 Å². The third-order valence-electron chi connectivity index (χ3n) is 11.8. The quantitative estimate of drug-likeness (QED) is 0.150. The van der Waals surface area contributed by atoms with Crippen LogP contribution < -0.4 is 4.90 Å². The molecule has 0 aliphatic heterocycles. The van der Waals surface area contributed by atoms with Crippen molar-refractivity contribution in [2.75, 3.05) is 4.90 Å². The lowest BCUT2D eigenvalue weighted by atomic mass is 9.92. The van der Waals surface area contributed by atoms with E-state index in [1.807, 2.05) is 0 Å². The van der Waals surface area contributed by atoms with Crippen molar-refractivity contribution in [1.29, 1.82) is 0 Å². The summed E-state index contributed by atoms with van der Waals surface area (Å²) in [6, 6.07) is 88.0. The Morgan fingerprint density at radius 1 is 0.300 bits per heavy atom. The second-order valence-electron chi connectivity index (χ2n) is 15.3. The van der Waals surface area contributed by atoms with Crippen LogP contribution in [0.4, 0.5) is 17.1 Å². The summed E-state index contributed by atoms with van der Waals surface area (Å²) < 4.78 is 2.48. The zero-order valence-electron chi connectivity index (χ0n) is 33.0. The van der Waals surface area contributed by atoms with Crippen LogP contribution in [0.3, 0.4) is 0 Å². The third kappa shape index (κ3) is 6.23. The third-order valence-corrected chi connectivity index (χ3v) is 11.8. The summed E-state index contributed by atoms with van der Waals surface area (Å²) in [5.74, 6) is 0. The lowest BCUT2D eigenvalue weighted by Crippen LogP contribution is -2.12. The predicted molar refractivity (Wildman–Crippen MR) is 255 cm³/mol. The molecule has 0 spiro atoms. The van der Waals surface area contributed by atoms with Gasteiger partial charge in [0.2, 0.25) is 0 Å². The summed E-state index contributed by atoms with van der Waals surface area (Å²) in [5, 5.41) is 4.86. The molecule has 0 saturated heterocycles. The first kappa shape index (κ1) is 35.2. The Bertz CT molecular complexity index is 3280. The Kier molecular flexibility index (Phi) is 8.87. The summed E-state index contributed by atoms with van der Waals surface area (Å²) >= 11 is 0. The molecule has 0 unspecified atom stereocenters. The van der Waals surface area contributed by atoms with Gasteiger partial charge in [-0.05, 0) is 92.7 Å². The van der Waals surface area contributed by atoms with Crippen LogP contribution in [0.5, 0.6) is 0 Å². The maximum Gasteiger partial charge on any atom is 0.0562 e. The average molecular weight is 765 g/mol. The Morgan fingerprint density at radius 2 is 0.817 bits per heavy atom. The fraction of sp³-hybridized carbons (Fsp3) is 0. The summed E-state index contributed by atoms with van der Waals surface area (Å²) in [5.41, 5.74) is 16.2. The van der Waals surface area contributed by atoms with Crippen LogP contribution in [0.15, 0.2) is 243 Å². The van der Waals surface area contributed by atoms with Gasteiger partial charge in [-0.2, -0.15) is 0 Å². The second-order valence-corrected chi connectivity index (χ2v) is 15.3. The molecule has 0 amide bonds. The predicted octanol–water partition coefficient (Wildman–Crippen LogP) is 16.1. The highest BCUT2D eigenvalue weighted by Crippen LogP contribution is 2.47. The van der Waals surface area contributed by atoms with Gasteiger partial charge in [-0.25, -0.2) is 0 Å². The Labute approximate surface area is 350 Å². The molecular weight excluding hydrogens is 725 g/mol. The van der Waals surface area contributed by atoms with Crippen LogP contribution >= 0.6 is 0 Å². The first-order valence-electron chi connectivity index (χ1n) is 20.6. The van der Waals surface area contributed by atoms with Crippen molar-refractivity contribution >= 4 is 49.6 Å². The van der Waals surface area contributed by atoms with Crippen molar-refractivity contribution in [3.8, 4) is 50.2 Å². The van der Waals surface area contributed by atoms with Gasteiger partial charge in [0.25, 0.3) is 0 Å². The molecule has 1 heterocycles. The first-order chi connectivity index (χ1) is 29.8. The van der Waals surface area contributed by atoms with Crippen molar-refractivity contribution in [2.24, 2.45) is 0 Å². The molecule has 0 fully saturated rings. The average Bonchev–Trinajstić information content (AvgIpc) is 3.66. The minimum absolute atomic E-state index is 1.07. The largest absolute Gasteiger partial charge is 0.310 e. The van der Waals surface area contributed by atoms with E-state index in [2.05, 4.69) is 252 Å². The number of anilines is 3. The molecule has 0 aliphatic rings. The van der Waals surface area contributed by atoms with Crippen LogP contribution in [0.25, 0.3) is 82.8 Å². The summed E-state index contributed by atoms with van der Waals surface area (Å²) in [6.45, 7) is 0. The van der Waals surface area contributed by atoms with Crippen molar-refractivity contribution in [3.63, 3.8) is 0 Å². The minimum atomic E-state index is 1.07. The van der Waals surface area contributed by atoms with E-state index in [4.69, 9.17) is 0 Å². The second kappa shape index (κ2) is 15.1. The van der Waals surface area contributed by atoms with Crippen molar-refractivity contribution < 1.29 is 0 Å². The fourth-order valence-corrected chi connectivity index (χ4v) is 8.97. The lowest BCUT2D eigenvalue weighted by Gasteiger charge is -2.29. The molecule has 10 aromatic carbocycles. The Balaban J connectivity index is 1.20. The van der Waals surface area contributed by atoms with Crippen molar-refractivity contribution in [2.45, 2.75) is 0 Å². The minimum Gasteiger partial charge on any atom is -0.310 e. The highest BCUT2D eigenvalue weighted by molar-refractivity contribution is 6.12. The van der Waals surface area contributed by atoms with E-state index in [-0.39, 0.29) is 0 Å². The van der Waals surface area contributed by atoms with E-state index in [1.165, 1.54) is 66.0 Å². The van der Waals surface area contributed by atoms with Gasteiger partial charge in [0.05, 0.1) is 22.4 Å². The molecule has 0 N–H and O–H groups in total. The van der Waals surface area contributed by atoms with Gasteiger partial charge in [0.15, 0.2) is 0 Å². The smallest absolute Gasteiger partial charge is 0.0562 e. The molecule has 11 rings (SSSR count). The number of hydrogen-bond acceptors (Lipinski definition) is 1. The molecule has 2 nitrogen and oxygen atoms in total. The SMILES string of the molecule is c1ccc(-c2ccc(N(c3ccc4c5ccccc5n(-c5cc6ccccc6cc5-c5ccccc5)c4c3)c3cccc(-c4ccccc4)c3-c3ccccc3)cc2)cc1. The molecule has 1 aromatic heterocycles. The number of hydrogen-bond donors (Lipinski definition) is 0. The summed E-state index contributed by atoms with van der Waals surface area (Å²) in [4.78, 5) is 2.45. The van der Waals surface area contributed by atoms with Gasteiger partial charge in [-0.15, -0.1) is 0 Å². The number of benzene rings is 10. The number of fused-ring (bicyclic) bond motifs is 4. The molecule has 0 bridgehead atoms. The zero-order valence-corrected chi connectivity index (χ0v) is 33.0. The van der Waals surface area contributed by atoms with E-state index in [0.29, 0.717) is 0 Å². The standard InChI is InChI=1S/C58H40N2/c1-5-18-41(19-6-1)42-32-34-48(35-33-42)59(55-31-17-29-50(43-20-7-2-8-21-43)58(55)45-24-11-4-12-25-45)49-36-37-52-51-28-15-16-30-54(51)60(57(52)40-49)56-39-47-27-14-13-26-46(47)38-53(56)44-22-9-3-10-23-44/h1-40H. The molecule has 0 radical (unpaired) electrons. The van der Waals surface area contributed by atoms with Crippen molar-refractivity contribution in [3.05, 3.63) is 243 Å². The van der Waals surface area contributed by atoms with Gasteiger partial charge >= 0.3 is 0 Å². The molecule has 60 heavy (non-hydrogen) atoms. The van der Waals surface area contributed by atoms with E-state index in [0.717, 1.165) is 33.8 Å². The topological polar surface area (TPSA) is 8.17 Å². The lowest BCUT2D eigenvalue weighted by molar-refractivity contribution is 1.18. The molecule has 0 atom stereocenters. The van der Waals surface area contributed by atoms with Crippen LogP contribution in [0.2, 0.25) is 0 Å². The number of para-hydroxylation sites is 1. The molecular formula is C58H40N2. The number of rotatable bonds is 8. The van der Waals surface area contributed by atoms with Gasteiger partial charge < -0.3 is 9.47 Å². The molecule has 2 heteroatoms. The fourth-order valence-electron chi connectivity index (χ4n) is 8.97. The number of nitrogens with zero attached hydrogens (tertiary/aromatic N) is 2. The van der Waals surface area contributed by atoms with Crippen LogP contribution in [-0.2, 0) is 0 Å². The van der Waals surface area contributed by atoms with Gasteiger partial charge in [-0.3, -0.25) is 0 Å². The van der Waals surface area contributed by atoms with Gasteiger partial charge in [-0.1, -0.05) is 194 Å². The Morgan fingerprint density at radius 3 is 1.50 bits per heavy atom. The monoisotopic (exact) mass is 764 g/mol. The zero-order chi connectivity index (χ0) is 39.8. The molecule has 0 aliphatic carbocycles. The van der Waals surface area contributed by atoms with Crippen molar-refractivity contribution in [1.82, 2.24) is 4.57 Å². The normalized spacial score (nSPS) is 11.3. The van der Waals surface area contributed by atoms with Gasteiger partial charge in [0, 0.05) is 33.3 Å². The van der Waals surface area contributed by atoms with Crippen LogP contribution in [0, 0.1) is 0 Å². The van der Waals surface area contributed by atoms with Crippen LogP contribution in [-0.4, -0.2) is 4.57 Å². The van der Waals surface area contributed by atoms with Gasteiger partial charge in [0.1, 0.15) is 0 Å².